The van der Waals surface area contributed by atoms with E-state index in [-0.39, 0.29) is 18.4 Å². The fourth-order valence-electron chi connectivity index (χ4n) is 4.44. The zero-order valence-electron chi connectivity index (χ0n) is 15.7. The molecular weight excluding hydrogens is 336 g/mol. The van der Waals surface area contributed by atoms with Crippen LogP contribution >= 0.6 is 0 Å². The van der Waals surface area contributed by atoms with Crippen LogP contribution in [0.4, 0.5) is 0 Å². The van der Waals surface area contributed by atoms with Gasteiger partial charge >= 0.3 is 0 Å². The number of nitrogens with one attached hydrogen (secondary N) is 2. The van der Waals surface area contributed by atoms with E-state index < -0.39 is 6.10 Å². The van der Waals surface area contributed by atoms with E-state index in [1.165, 1.54) is 32.1 Å². The van der Waals surface area contributed by atoms with Gasteiger partial charge in [-0.25, -0.2) is 0 Å². The molecule has 0 aromatic heterocycles. The van der Waals surface area contributed by atoms with Crippen LogP contribution in [-0.2, 0) is 4.79 Å². The summed E-state index contributed by atoms with van der Waals surface area (Å²) in [7, 11) is 0. The van der Waals surface area contributed by atoms with Gasteiger partial charge in [-0.3, -0.25) is 4.79 Å². The summed E-state index contributed by atoms with van der Waals surface area (Å²) in [4.78, 5) is 12.9. The zero-order valence-corrected chi connectivity index (χ0v) is 15.7. The Kier molecular flexibility index (Phi) is 5.55. The normalized spacial score (nSPS) is 18.0. The van der Waals surface area contributed by atoms with Crippen LogP contribution < -0.4 is 10.6 Å². The average molecular weight is 364 g/mol. The van der Waals surface area contributed by atoms with Gasteiger partial charge in [-0.1, -0.05) is 67.8 Å². The van der Waals surface area contributed by atoms with Crippen molar-refractivity contribution in [3.8, 4) is 11.1 Å². The van der Waals surface area contributed by atoms with Crippen molar-refractivity contribution >= 4 is 5.91 Å². The largest absolute Gasteiger partial charge is 0.390 e. The Labute approximate surface area is 161 Å². The van der Waals surface area contributed by atoms with E-state index in [0.29, 0.717) is 12.6 Å². The molecule has 2 aromatic carbocycles. The van der Waals surface area contributed by atoms with Crippen molar-refractivity contribution in [2.45, 2.75) is 50.2 Å². The molecule has 3 N–H and O–H groups in total. The van der Waals surface area contributed by atoms with Gasteiger partial charge in [0.15, 0.2) is 0 Å². The van der Waals surface area contributed by atoms with Crippen molar-refractivity contribution in [1.82, 2.24) is 10.6 Å². The topological polar surface area (TPSA) is 61.4 Å². The molecule has 0 saturated heterocycles. The summed E-state index contributed by atoms with van der Waals surface area (Å²) in [5, 5.41) is 16.7. The molecule has 27 heavy (non-hydrogen) atoms. The first-order valence-electron chi connectivity index (χ1n) is 10.1. The molecule has 2 aromatic rings. The van der Waals surface area contributed by atoms with Gasteiger partial charge in [0.1, 0.15) is 0 Å². The minimum absolute atomic E-state index is 0.0379. The van der Waals surface area contributed by atoms with Crippen molar-refractivity contribution in [1.29, 1.82) is 0 Å². The minimum Gasteiger partial charge on any atom is -0.390 e. The Morgan fingerprint density at radius 3 is 2.15 bits per heavy atom. The van der Waals surface area contributed by atoms with Crippen LogP contribution in [0.25, 0.3) is 11.1 Å². The molecule has 4 rings (SSSR count). The zero-order chi connectivity index (χ0) is 18.6. The van der Waals surface area contributed by atoms with Gasteiger partial charge < -0.3 is 15.7 Å². The number of rotatable bonds is 6. The van der Waals surface area contributed by atoms with Crippen molar-refractivity contribution in [2.24, 2.45) is 0 Å². The maximum atomic E-state index is 12.9. The maximum Gasteiger partial charge on any atom is 0.232 e. The molecule has 1 atom stereocenters. The van der Waals surface area contributed by atoms with E-state index in [0.717, 1.165) is 22.3 Å². The number of hydrogen-bond acceptors (Lipinski definition) is 3. The van der Waals surface area contributed by atoms with Gasteiger partial charge in [0, 0.05) is 19.1 Å². The van der Waals surface area contributed by atoms with Crippen LogP contribution in [-0.4, -0.2) is 36.2 Å². The Hall–Kier alpha value is -2.17. The summed E-state index contributed by atoms with van der Waals surface area (Å²) >= 11 is 0. The Morgan fingerprint density at radius 2 is 1.52 bits per heavy atom. The van der Waals surface area contributed by atoms with Crippen LogP contribution in [0.15, 0.2) is 48.5 Å². The molecule has 0 aliphatic heterocycles. The Balaban J connectivity index is 1.37. The van der Waals surface area contributed by atoms with Gasteiger partial charge in [-0.05, 0) is 35.1 Å². The highest BCUT2D eigenvalue weighted by Crippen LogP contribution is 2.44. The van der Waals surface area contributed by atoms with Gasteiger partial charge in [0.25, 0.3) is 0 Å². The standard InChI is InChI=1S/C23H28N2O2/c26-17(14-24-16-8-2-1-3-9-16)15-25-23(27)22-20-12-6-4-10-18(20)19-11-5-7-13-21(19)22/h4-7,10-13,16-17,22,24,26H,1-3,8-9,14-15H2,(H,25,27). The molecule has 0 heterocycles. The number of aliphatic hydroxyl groups excluding tert-OH is 1. The van der Waals surface area contributed by atoms with Gasteiger partial charge in [0.2, 0.25) is 5.91 Å². The van der Waals surface area contributed by atoms with Crippen molar-refractivity contribution in [2.75, 3.05) is 13.1 Å². The molecular formula is C23H28N2O2. The van der Waals surface area contributed by atoms with E-state index in [1.54, 1.807) is 0 Å². The van der Waals surface area contributed by atoms with E-state index in [4.69, 9.17) is 0 Å². The summed E-state index contributed by atoms with van der Waals surface area (Å²) in [6.07, 6.45) is 5.67. The number of hydrogen-bond donors (Lipinski definition) is 3. The van der Waals surface area contributed by atoms with E-state index in [9.17, 15) is 9.90 Å². The molecule has 0 bridgehead atoms. The number of benzene rings is 2. The second-order valence-electron chi connectivity index (χ2n) is 7.75. The molecule has 2 aliphatic rings. The average Bonchev–Trinajstić information content (AvgIpc) is 3.06. The first-order valence-corrected chi connectivity index (χ1v) is 10.1. The molecule has 4 heteroatoms. The van der Waals surface area contributed by atoms with Crippen molar-refractivity contribution in [3.05, 3.63) is 59.7 Å². The quantitative estimate of drug-likeness (QED) is 0.738. The van der Waals surface area contributed by atoms with Crippen LogP contribution in [0.2, 0.25) is 0 Å². The lowest BCUT2D eigenvalue weighted by Crippen LogP contribution is -2.43. The summed E-state index contributed by atoms with van der Waals surface area (Å²) in [5.74, 6) is -0.333. The smallest absolute Gasteiger partial charge is 0.232 e. The van der Waals surface area contributed by atoms with Gasteiger partial charge in [-0.15, -0.1) is 0 Å². The summed E-state index contributed by atoms with van der Waals surface area (Å²) in [6.45, 7) is 0.808. The summed E-state index contributed by atoms with van der Waals surface area (Å²) in [6, 6.07) is 16.7. The first-order chi connectivity index (χ1) is 13.2. The van der Waals surface area contributed by atoms with Gasteiger partial charge in [0.05, 0.1) is 12.0 Å². The molecule has 1 fully saturated rings. The van der Waals surface area contributed by atoms with Crippen LogP contribution in [0.3, 0.4) is 0 Å². The molecule has 142 valence electrons. The maximum absolute atomic E-state index is 12.9. The lowest BCUT2D eigenvalue weighted by Gasteiger charge is -2.24. The second-order valence-corrected chi connectivity index (χ2v) is 7.75. The van der Waals surface area contributed by atoms with E-state index >= 15 is 0 Å². The lowest BCUT2D eigenvalue weighted by atomic mass is 9.95. The Bertz CT molecular complexity index is 753. The number of amides is 1. The fraction of sp³-hybridized carbons (Fsp3) is 0.435. The molecule has 1 unspecified atom stereocenters. The van der Waals surface area contributed by atoms with Crippen molar-refractivity contribution < 1.29 is 9.90 Å². The fourth-order valence-corrected chi connectivity index (χ4v) is 4.44. The second kappa shape index (κ2) is 8.24. The first kappa shape index (κ1) is 18.2. The number of aliphatic hydroxyl groups is 1. The number of fused-ring (bicyclic) bond motifs is 3. The third-order valence-electron chi connectivity index (χ3n) is 5.86. The van der Waals surface area contributed by atoms with Crippen LogP contribution in [0.1, 0.15) is 49.1 Å². The summed E-state index contributed by atoms with van der Waals surface area (Å²) < 4.78 is 0. The third-order valence-corrected chi connectivity index (χ3v) is 5.86. The number of carbonyl (C=O) groups is 1. The minimum atomic E-state index is -0.567. The van der Waals surface area contributed by atoms with Crippen LogP contribution in [0.5, 0.6) is 0 Å². The SMILES string of the molecule is O=C(NCC(O)CNC1CCCCC1)C1c2ccccc2-c2ccccc21. The number of carbonyl (C=O) groups excluding carboxylic acids is 1. The van der Waals surface area contributed by atoms with Crippen molar-refractivity contribution in [3.63, 3.8) is 0 Å². The molecule has 0 spiro atoms. The highest BCUT2D eigenvalue weighted by Gasteiger charge is 2.33. The molecule has 0 radical (unpaired) electrons. The van der Waals surface area contributed by atoms with Gasteiger partial charge in [-0.2, -0.15) is 0 Å². The predicted octanol–water partition coefficient (Wildman–Crippen LogP) is 3.20. The highest BCUT2D eigenvalue weighted by molar-refractivity contribution is 5.96. The molecule has 1 saturated carbocycles. The highest BCUT2D eigenvalue weighted by atomic mass is 16.3. The molecule has 4 nitrogen and oxygen atoms in total. The van der Waals surface area contributed by atoms with E-state index in [2.05, 4.69) is 22.8 Å². The predicted molar refractivity (Wildman–Crippen MR) is 108 cm³/mol. The lowest BCUT2D eigenvalue weighted by molar-refractivity contribution is -0.122. The van der Waals surface area contributed by atoms with Crippen LogP contribution in [0, 0.1) is 0 Å². The monoisotopic (exact) mass is 364 g/mol. The molecule has 2 aliphatic carbocycles. The Morgan fingerprint density at radius 1 is 0.926 bits per heavy atom. The molecule has 1 amide bonds. The van der Waals surface area contributed by atoms with E-state index in [1.807, 2.05) is 36.4 Å². The third kappa shape index (κ3) is 3.92. The summed E-state index contributed by atoms with van der Waals surface area (Å²) in [5.41, 5.74) is 4.36.